The SMILES string of the molecule is Nc1ccc(CNc2nc(-c3ccccc3)ns2)cn1. The Morgan fingerprint density at radius 2 is 1.95 bits per heavy atom. The standard InChI is InChI=1S/C14H13N5S/c15-12-7-6-10(8-16-12)9-17-14-18-13(19-20-14)11-4-2-1-3-5-11/h1-8H,9H2,(H2,15,16)(H,17,18,19). The lowest BCUT2D eigenvalue weighted by atomic mass is 10.2. The van der Waals surface area contributed by atoms with Crippen LogP contribution in [0.2, 0.25) is 0 Å². The summed E-state index contributed by atoms with van der Waals surface area (Å²) in [6.45, 7) is 0.650. The third kappa shape index (κ3) is 2.92. The molecule has 0 saturated heterocycles. The molecule has 0 unspecified atom stereocenters. The third-order valence-corrected chi connectivity index (χ3v) is 3.42. The fourth-order valence-electron chi connectivity index (χ4n) is 1.72. The van der Waals surface area contributed by atoms with Crippen molar-refractivity contribution >= 4 is 22.5 Å². The van der Waals surface area contributed by atoms with Crippen molar-refractivity contribution in [2.24, 2.45) is 0 Å². The van der Waals surface area contributed by atoms with Crippen LogP contribution in [-0.2, 0) is 6.54 Å². The van der Waals surface area contributed by atoms with E-state index in [4.69, 9.17) is 5.73 Å². The van der Waals surface area contributed by atoms with Crippen molar-refractivity contribution in [1.82, 2.24) is 14.3 Å². The highest BCUT2D eigenvalue weighted by molar-refractivity contribution is 7.09. The lowest BCUT2D eigenvalue weighted by Crippen LogP contribution is -2.00. The van der Waals surface area contributed by atoms with Gasteiger partial charge in [-0.3, -0.25) is 0 Å². The van der Waals surface area contributed by atoms with E-state index >= 15 is 0 Å². The van der Waals surface area contributed by atoms with Crippen LogP contribution in [0.4, 0.5) is 10.9 Å². The van der Waals surface area contributed by atoms with E-state index in [-0.39, 0.29) is 0 Å². The Morgan fingerprint density at radius 3 is 2.70 bits per heavy atom. The molecule has 3 aromatic rings. The first kappa shape index (κ1) is 12.6. The summed E-state index contributed by atoms with van der Waals surface area (Å²) >= 11 is 1.35. The fourth-order valence-corrected chi connectivity index (χ4v) is 2.30. The molecule has 3 rings (SSSR count). The van der Waals surface area contributed by atoms with Crippen LogP contribution in [-0.4, -0.2) is 14.3 Å². The summed E-state index contributed by atoms with van der Waals surface area (Å²) in [6, 6.07) is 13.6. The lowest BCUT2D eigenvalue weighted by molar-refractivity contribution is 1.10. The average Bonchev–Trinajstić information content (AvgIpc) is 2.97. The normalized spacial score (nSPS) is 10.4. The summed E-state index contributed by atoms with van der Waals surface area (Å²) < 4.78 is 4.35. The number of hydrogen-bond donors (Lipinski definition) is 2. The number of aromatic nitrogens is 3. The molecule has 0 bridgehead atoms. The van der Waals surface area contributed by atoms with Crippen molar-refractivity contribution in [1.29, 1.82) is 0 Å². The second-order valence-electron chi connectivity index (χ2n) is 4.23. The molecular formula is C14H13N5S. The number of hydrogen-bond acceptors (Lipinski definition) is 6. The summed E-state index contributed by atoms with van der Waals surface area (Å²) in [4.78, 5) is 8.51. The molecule has 2 heterocycles. The van der Waals surface area contributed by atoms with E-state index in [1.165, 1.54) is 11.5 Å². The zero-order valence-electron chi connectivity index (χ0n) is 10.7. The summed E-state index contributed by atoms with van der Waals surface area (Å²) in [7, 11) is 0. The van der Waals surface area contributed by atoms with E-state index in [0.717, 1.165) is 22.1 Å². The van der Waals surface area contributed by atoms with Crippen molar-refractivity contribution in [3.63, 3.8) is 0 Å². The van der Waals surface area contributed by atoms with Gasteiger partial charge in [0.1, 0.15) is 5.82 Å². The Labute approximate surface area is 120 Å². The topological polar surface area (TPSA) is 76.7 Å². The monoisotopic (exact) mass is 283 g/mol. The predicted molar refractivity (Wildman–Crippen MR) is 81.3 cm³/mol. The molecule has 5 nitrogen and oxygen atoms in total. The van der Waals surface area contributed by atoms with Gasteiger partial charge in [-0.25, -0.2) is 4.98 Å². The Hall–Kier alpha value is -2.47. The summed E-state index contributed by atoms with van der Waals surface area (Å²) in [6.07, 6.45) is 1.75. The molecule has 0 aliphatic heterocycles. The van der Waals surface area contributed by atoms with Gasteiger partial charge in [-0.15, -0.1) is 0 Å². The van der Waals surface area contributed by atoms with E-state index in [1.807, 2.05) is 36.4 Å². The zero-order chi connectivity index (χ0) is 13.8. The molecule has 0 aliphatic rings. The van der Waals surface area contributed by atoms with E-state index < -0.39 is 0 Å². The number of anilines is 2. The molecular weight excluding hydrogens is 270 g/mol. The second kappa shape index (κ2) is 5.66. The van der Waals surface area contributed by atoms with E-state index in [2.05, 4.69) is 19.7 Å². The molecule has 6 heteroatoms. The Balaban J connectivity index is 1.67. The third-order valence-electron chi connectivity index (χ3n) is 2.75. The van der Waals surface area contributed by atoms with Gasteiger partial charge in [0.15, 0.2) is 5.82 Å². The van der Waals surface area contributed by atoms with Gasteiger partial charge in [-0.05, 0) is 11.6 Å². The van der Waals surface area contributed by atoms with Crippen molar-refractivity contribution in [3.05, 3.63) is 54.2 Å². The molecule has 1 aromatic carbocycles. The van der Waals surface area contributed by atoms with E-state index in [1.54, 1.807) is 12.3 Å². The van der Waals surface area contributed by atoms with Crippen molar-refractivity contribution in [2.75, 3.05) is 11.1 Å². The van der Waals surface area contributed by atoms with Crippen LogP contribution in [0.25, 0.3) is 11.4 Å². The van der Waals surface area contributed by atoms with Crippen molar-refractivity contribution < 1.29 is 0 Å². The highest BCUT2D eigenvalue weighted by atomic mass is 32.1. The van der Waals surface area contributed by atoms with Gasteiger partial charge in [0.05, 0.1) is 0 Å². The molecule has 20 heavy (non-hydrogen) atoms. The second-order valence-corrected chi connectivity index (χ2v) is 4.99. The molecule has 0 spiro atoms. The quantitative estimate of drug-likeness (QED) is 0.770. The van der Waals surface area contributed by atoms with Gasteiger partial charge in [-0.1, -0.05) is 36.4 Å². The van der Waals surface area contributed by atoms with Gasteiger partial charge in [-0.2, -0.15) is 9.36 Å². The molecule has 0 radical (unpaired) electrons. The van der Waals surface area contributed by atoms with Gasteiger partial charge < -0.3 is 11.1 Å². The fraction of sp³-hybridized carbons (Fsp3) is 0.0714. The minimum absolute atomic E-state index is 0.524. The van der Waals surface area contributed by atoms with Crippen molar-refractivity contribution in [2.45, 2.75) is 6.54 Å². The van der Waals surface area contributed by atoms with Crippen LogP contribution in [0.3, 0.4) is 0 Å². The zero-order valence-corrected chi connectivity index (χ0v) is 11.5. The number of nitrogens with one attached hydrogen (secondary N) is 1. The summed E-state index contributed by atoms with van der Waals surface area (Å²) in [5.41, 5.74) is 7.62. The molecule has 0 saturated carbocycles. The van der Waals surface area contributed by atoms with Gasteiger partial charge >= 0.3 is 0 Å². The molecule has 100 valence electrons. The molecule has 0 fully saturated rings. The summed E-state index contributed by atoms with van der Waals surface area (Å²) in [5, 5.41) is 4.03. The maximum atomic E-state index is 5.55. The number of nitrogens with zero attached hydrogens (tertiary/aromatic N) is 3. The highest BCUT2D eigenvalue weighted by Crippen LogP contribution is 2.21. The average molecular weight is 283 g/mol. The first-order valence-corrected chi connectivity index (χ1v) is 6.92. The highest BCUT2D eigenvalue weighted by Gasteiger charge is 2.05. The first-order valence-electron chi connectivity index (χ1n) is 6.15. The maximum absolute atomic E-state index is 5.55. The molecule has 3 N–H and O–H groups in total. The van der Waals surface area contributed by atoms with Crippen LogP contribution in [0.5, 0.6) is 0 Å². The number of nitrogen functional groups attached to an aromatic ring is 1. The molecule has 0 aliphatic carbocycles. The minimum atomic E-state index is 0.524. The van der Waals surface area contributed by atoms with Gasteiger partial charge in [0, 0.05) is 29.8 Å². The first-order chi connectivity index (χ1) is 9.81. The van der Waals surface area contributed by atoms with E-state index in [9.17, 15) is 0 Å². The van der Waals surface area contributed by atoms with Gasteiger partial charge in [0.25, 0.3) is 0 Å². The van der Waals surface area contributed by atoms with Crippen LogP contribution < -0.4 is 11.1 Å². The van der Waals surface area contributed by atoms with Gasteiger partial charge in [0.2, 0.25) is 5.13 Å². The molecule has 0 atom stereocenters. The number of nitrogens with two attached hydrogens (primary N) is 1. The Morgan fingerprint density at radius 1 is 1.10 bits per heavy atom. The Kier molecular flexibility index (Phi) is 3.56. The van der Waals surface area contributed by atoms with Crippen LogP contribution in [0, 0.1) is 0 Å². The van der Waals surface area contributed by atoms with Crippen LogP contribution >= 0.6 is 11.5 Å². The smallest absolute Gasteiger partial charge is 0.203 e. The maximum Gasteiger partial charge on any atom is 0.203 e. The molecule has 0 amide bonds. The van der Waals surface area contributed by atoms with E-state index in [0.29, 0.717) is 12.4 Å². The minimum Gasteiger partial charge on any atom is -0.384 e. The number of pyridine rings is 1. The summed E-state index contributed by atoms with van der Waals surface area (Å²) in [5.74, 6) is 1.27. The lowest BCUT2D eigenvalue weighted by Gasteiger charge is -2.01. The Bertz CT molecular complexity index is 678. The number of rotatable bonds is 4. The van der Waals surface area contributed by atoms with Crippen LogP contribution in [0.15, 0.2) is 48.7 Å². The van der Waals surface area contributed by atoms with Crippen LogP contribution in [0.1, 0.15) is 5.56 Å². The largest absolute Gasteiger partial charge is 0.384 e. The predicted octanol–water partition coefficient (Wildman–Crippen LogP) is 2.79. The molecule has 2 aromatic heterocycles. The number of benzene rings is 1. The van der Waals surface area contributed by atoms with Crippen molar-refractivity contribution in [3.8, 4) is 11.4 Å².